The molecule has 0 bridgehead atoms. The highest BCUT2D eigenvalue weighted by atomic mass is 16.6. The van der Waals surface area contributed by atoms with Gasteiger partial charge in [-0.25, -0.2) is 4.79 Å². The lowest BCUT2D eigenvalue weighted by atomic mass is 9.81. The maximum Gasteiger partial charge on any atom is 0.337 e. The number of aryl methyl sites for hydroxylation is 2. The van der Waals surface area contributed by atoms with E-state index in [2.05, 4.69) is 54.8 Å². The van der Waals surface area contributed by atoms with Crippen molar-refractivity contribution >= 4 is 11.7 Å². The summed E-state index contributed by atoms with van der Waals surface area (Å²) in [6.07, 6.45) is 1.87. The van der Waals surface area contributed by atoms with Crippen LogP contribution in [0.25, 0.3) is 11.1 Å². The molecule has 4 heterocycles. The molecule has 2 aromatic carbocycles. The van der Waals surface area contributed by atoms with Crippen LogP contribution < -0.4 is 14.4 Å². The number of carboxylic acids is 1. The molecule has 1 saturated heterocycles. The van der Waals surface area contributed by atoms with E-state index in [0.717, 1.165) is 91.6 Å². The van der Waals surface area contributed by atoms with Crippen molar-refractivity contribution in [3.8, 4) is 22.6 Å². The van der Waals surface area contributed by atoms with E-state index in [9.17, 15) is 9.90 Å². The van der Waals surface area contributed by atoms with E-state index < -0.39 is 17.7 Å². The molecule has 6 rings (SSSR count). The molecule has 8 heteroatoms. The number of rotatable bonds is 7. The number of nitrogens with zero attached hydrogens (tertiary/aromatic N) is 3. The Kier molecular flexibility index (Phi) is 8.81. The molecular formula is C38H49N3O5. The van der Waals surface area contributed by atoms with Crippen molar-refractivity contribution < 1.29 is 24.1 Å². The first-order chi connectivity index (χ1) is 21.8. The fraction of sp³-hybridized carbons (Fsp3) is 0.526. The van der Waals surface area contributed by atoms with Crippen LogP contribution in [0.2, 0.25) is 0 Å². The van der Waals surface area contributed by atoms with Gasteiger partial charge in [0, 0.05) is 60.8 Å². The summed E-state index contributed by atoms with van der Waals surface area (Å²) >= 11 is 0. The second kappa shape index (κ2) is 12.5. The van der Waals surface area contributed by atoms with Gasteiger partial charge < -0.3 is 24.2 Å². The average molecular weight is 628 g/mol. The number of pyridine rings is 1. The molecule has 0 spiro atoms. The van der Waals surface area contributed by atoms with Crippen molar-refractivity contribution in [3.05, 3.63) is 70.0 Å². The summed E-state index contributed by atoms with van der Waals surface area (Å²) in [5.74, 6) is 0.713. The molecule has 1 aromatic heterocycles. The summed E-state index contributed by atoms with van der Waals surface area (Å²) in [7, 11) is 0. The molecule has 1 atom stereocenters. The minimum atomic E-state index is -1.12. The Hall–Kier alpha value is -3.62. The minimum absolute atomic E-state index is 0.248. The Morgan fingerprint density at radius 2 is 1.76 bits per heavy atom. The Labute approximate surface area is 273 Å². The summed E-state index contributed by atoms with van der Waals surface area (Å²) < 4.78 is 18.1. The predicted octanol–water partition coefficient (Wildman–Crippen LogP) is 7.26. The SMILES string of the molecule is Cc1nc(C)c(C(OC(C)(C)C)C(=O)O)c(N2CCC(C)(C)CC2)c1-c1ccc2c(c1)CCN(Cc1cccc3c1OCCO3)C2. The standard InChI is InChI=1S/C38H49N3O5/c1-24-31(33(41-17-14-38(6,7)15-18-41)32(25(2)39-24)35(36(42)43)46-37(3,4)5)27-11-12-28-22-40(16-13-26(28)21-27)23-29-9-8-10-30-34(29)45-20-19-44-30/h8-12,21,35H,13-20,22-23H2,1-7H3,(H,42,43). The van der Waals surface area contributed by atoms with Gasteiger partial charge in [0.15, 0.2) is 17.6 Å². The zero-order valence-corrected chi connectivity index (χ0v) is 28.5. The molecular weight excluding hydrogens is 578 g/mol. The van der Waals surface area contributed by atoms with Crippen LogP contribution in [0.5, 0.6) is 11.5 Å². The molecule has 46 heavy (non-hydrogen) atoms. The largest absolute Gasteiger partial charge is 0.486 e. The van der Waals surface area contributed by atoms with E-state index in [1.54, 1.807) is 0 Å². The van der Waals surface area contributed by atoms with E-state index in [1.807, 2.05) is 39.8 Å². The van der Waals surface area contributed by atoms with Gasteiger partial charge >= 0.3 is 5.97 Å². The van der Waals surface area contributed by atoms with Crippen molar-refractivity contribution in [2.75, 3.05) is 37.7 Å². The topological polar surface area (TPSA) is 84.4 Å². The lowest BCUT2D eigenvalue weighted by molar-refractivity contribution is -0.160. The zero-order chi connectivity index (χ0) is 32.8. The smallest absolute Gasteiger partial charge is 0.337 e. The third-order valence-electron chi connectivity index (χ3n) is 9.60. The number of para-hydroxylation sites is 1. The van der Waals surface area contributed by atoms with Crippen molar-refractivity contribution in [2.45, 2.75) is 92.5 Å². The molecule has 8 nitrogen and oxygen atoms in total. The molecule has 3 aromatic rings. The Balaban J connectivity index is 1.37. The Bertz CT molecular complexity index is 1620. The third kappa shape index (κ3) is 6.74. The van der Waals surface area contributed by atoms with E-state index in [-0.39, 0.29) is 5.41 Å². The lowest BCUT2D eigenvalue weighted by Crippen LogP contribution is -2.39. The number of hydrogen-bond acceptors (Lipinski definition) is 7. The quantitative estimate of drug-likeness (QED) is 0.293. The van der Waals surface area contributed by atoms with Crippen LogP contribution in [0.4, 0.5) is 5.69 Å². The highest BCUT2D eigenvalue weighted by Crippen LogP contribution is 2.45. The second-order valence-electron chi connectivity index (χ2n) is 14.9. The molecule has 3 aliphatic heterocycles. The van der Waals surface area contributed by atoms with Gasteiger partial charge in [0.2, 0.25) is 0 Å². The second-order valence-corrected chi connectivity index (χ2v) is 14.9. The first-order valence-corrected chi connectivity index (χ1v) is 16.7. The van der Waals surface area contributed by atoms with E-state index in [1.165, 1.54) is 11.1 Å². The number of ether oxygens (including phenoxy) is 3. The molecule has 1 unspecified atom stereocenters. The van der Waals surface area contributed by atoms with Crippen molar-refractivity contribution in [3.63, 3.8) is 0 Å². The zero-order valence-electron chi connectivity index (χ0n) is 28.5. The van der Waals surface area contributed by atoms with Gasteiger partial charge in [-0.15, -0.1) is 0 Å². The molecule has 246 valence electrons. The number of aliphatic carboxylic acids is 1. The maximum atomic E-state index is 12.8. The van der Waals surface area contributed by atoms with Crippen LogP contribution in [0.1, 0.15) is 87.2 Å². The first kappa shape index (κ1) is 32.3. The Morgan fingerprint density at radius 3 is 2.48 bits per heavy atom. The van der Waals surface area contributed by atoms with Gasteiger partial charge in [-0.3, -0.25) is 9.88 Å². The first-order valence-electron chi connectivity index (χ1n) is 16.7. The molecule has 1 N–H and O–H groups in total. The predicted molar refractivity (Wildman–Crippen MR) is 181 cm³/mol. The number of aromatic nitrogens is 1. The fourth-order valence-corrected chi connectivity index (χ4v) is 7.16. The van der Waals surface area contributed by atoms with Gasteiger partial charge in [0.1, 0.15) is 13.2 Å². The summed E-state index contributed by atoms with van der Waals surface area (Å²) in [6, 6.07) is 12.9. The van der Waals surface area contributed by atoms with E-state index >= 15 is 0 Å². The fourth-order valence-electron chi connectivity index (χ4n) is 7.16. The molecule has 0 saturated carbocycles. The summed E-state index contributed by atoms with van der Waals surface area (Å²) in [4.78, 5) is 22.7. The molecule has 0 aliphatic carbocycles. The van der Waals surface area contributed by atoms with Crippen LogP contribution in [0.3, 0.4) is 0 Å². The van der Waals surface area contributed by atoms with Crippen LogP contribution in [0, 0.1) is 19.3 Å². The molecule has 3 aliphatic rings. The summed E-state index contributed by atoms with van der Waals surface area (Å²) in [5.41, 5.74) is 8.77. The van der Waals surface area contributed by atoms with Gasteiger partial charge in [0.25, 0.3) is 0 Å². The molecule has 0 amide bonds. The van der Waals surface area contributed by atoms with Gasteiger partial charge in [-0.1, -0.05) is 44.2 Å². The van der Waals surface area contributed by atoms with Gasteiger partial charge in [-0.2, -0.15) is 0 Å². The van der Waals surface area contributed by atoms with Gasteiger partial charge in [0.05, 0.1) is 11.3 Å². The van der Waals surface area contributed by atoms with Crippen LogP contribution in [-0.4, -0.2) is 59.4 Å². The maximum absolute atomic E-state index is 12.8. The summed E-state index contributed by atoms with van der Waals surface area (Å²) in [5, 5.41) is 10.5. The number of piperidine rings is 1. The molecule has 1 fully saturated rings. The van der Waals surface area contributed by atoms with Crippen LogP contribution >= 0.6 is 0 Å². The number of hydrogen-bond donors (Lipinski definition) is 1. The van der Waals surface area contributed by atoms with E-state index in [4.69, 9.17) is 19.2 Å². The number of fused-ring (bicyclic) bond motifs is 2. The van der Waals surface area contributed by atoms with Crippen molar-refractivity contribution in [2.24, 2.45) is 5.41 Å². The number of carboxylic acid groups (broad SMARTS) is 1. The van der Waals surface area contributed by atoms with Crippen LogP contribution in [-0.2, 0) is 29.0 Å². The normalized spacial score (nSPS) is 18.6. The van der Waals surface area contributed by atoms with E-state index in [0.29, 0.717) is 24.5 Å². The Morgan fingerprint density at radius 1 is 1.02 bits per heavy atom. The summed E-state index contributed by atoms with van der Waals surface area (Å²) in [6.45, 7) is 19.8. The minimum Gasteiger partial charge on any atom is -0.486 e. The number of carbonyl (C=O) groups is 1. The van der Waals surface area contributed by atoms with Crippen molar-refractivity contribution in [1.82, 2.24) is 9.88 Å². The number of benzene rings is 2. The van der Waals surface area contributed by atoms with Crippen LogP contribution in [0.15, 0.2) is 36.4 Å². The average Bonchev–Trinajstić information content (AvgIpc) is 2.99. The van der Waals surface area contributed by atoms with Crippen molar-refractivity contribution in [1.29, 1.82) is 0 Å². The highest BCUT2D eigenvalue weighted by molar-refractivity contribution is 5.88. The number of anilines is 1. The molecule has 0 radical (unpaired) electrons. The lowest BCUT2D eigenvalue weighted by Gasteiger charge is -2.41. The van der Waals surface area contributed by atoms with Gasteiger partial charge in [-0.05, 0) is 82.1 Å². The monoisotopic (exact) mass is 627 g/mol. The third-order valence-corrected chi connectivity index (χ3v) is 9.60. The highest BCUT2D eigenvalue weighted by Gasteiger charge is 2.36.